The zero-order chi connectivity index (χ0) is 32.9. The molecule has 0 amide bonds. The van der Waals surface area contributed by atoms with Gasteiger partial charge < -0.3 is 9.13 Å². The van der Waals surface area contributed by atoms with Crippen molar-refractivity contribution >= 4 is 43.6 Å². The van der Waals surface area contributed by atoms with Crippen molar-refractivity contribution in [2.75, 3.05) is 0 Å². The molecule has 0 saturated carbocycles. The quantitative estimate of drug-likeness (QED) is 0.192. The minimum atomic E-state index is -0.0743. The van der Waals surface area contributed by atoms with E-state index in [1.165, 1.54) is 54.8 Å². The standard InChI is InChI=1S/C46H31N3/c1-46(2)38-15-7-3-14-37(38)44-39(46)25-24-36-35-13-6-8-16-41(35)48(45(36)44)32-22-19-29(20-23-32)30-21-26-40(31(27-30)28-47)49-42-17-9-4-11-33(42)34-12-5-10-18-43(34)49/h3-27H,1-2H3. The van der Waals surface area contributed by atoms with E-state index in [0.717, 1.165) is 33.5 Å². The molecule has 0 saturated heterocycles. The highest BCUT2D eigenvalue weighted by atomic mass is 15.0. The van der Waals surface area contributed by atoms with Gasteiger partial charge in [-0.05, 0) is 70.3 Å². The van der Waals surface area contributed by atoms with E-state index in [2.05, 4.69) is 175 Å². The van der Waals surface area contributed by atoms with Crippen LogP contribution in [0.25, 0.3) is 77.2 Å². The molecule has 1 aliphatic carbocycles. The van der Waals surface area contributed by atoms with Gasteiger partial charge in [-0.2, -0.15) is 5.26 Å². The van der Waals surface area contributed by atoms with Gasteiger partial charge in [0.1, 0.15) is 6.07 Å². The van der Waals surface area contributed by atoms with Crippen LogP contribution in [0.3, 0.4) is 0 Å². The molecular formula is C46H31N3. The SMILES string of the molecule is CC1(C)c2ccccc2-c2c1ccc1c3ccccc3n(-c3ccc(-c4ccc(-n5c6ccccc6c6ccccc65)c(C#N)c4)cc3)c21. The fourth-order valence-corrected chi connectivity index (χ4v) is 8.50. The third-order valence-corrected chi connectivity index (χ3v) is 10.8. The molecular weight excluding hydrogens is 595 g/mol. The molecule has 10 rings (SSSR count). The van der Waals surface area contributed by atoms with Gasteiger partial charge in [0.05, 0.1) is 33.3 Å². The molecule has 0 aliphatic heterocycles. The topological polar surface area (TPSA) is 33.6 Å². The molecule has 2 aromatic heterocycles. The van der Waals surface area contributed by atoms with E-state index in [0.29, 0.717) is 5.56 Å². The Morgan fingerprint density at radius 1 is 0.510 bits per heavy atom. The Bertz CT molecular complexity index is 2800. The lowest BCUT2D eigenvalue weighted by molar-refractivity contribution is 0.661. The molecule has 0 fully saturated rings. The zero-order valence-corrected chi connectivity index (χ0v) is 27.3. The van der Waals surface area contributed by atoms with Crippen molar-refractivity contribution in [3.05, 3.63) is 168 Å². The van der Waals surface area contributed by atoms with Crippen molar-refractivity contribution in [3.63, 3.8) is 0 Å². The van der Waals surface area contributed by atoms with Crippen molar-refractivity contribution in [1.82, 2.24) is 9.13 Å². The van der Waals surface area contributed by atoms with Crippen molar-refractivity contribution in [2.45, 2.75) is 19.3 Å². The van der Waals surface area contributed by atoms with Gasteiger partial charge in [0.15, 0.2) is 0 Å². The van der Waals surface area contributed by atoms with Gasteiger partial charge >= 0.3 is 0 Å². The first kappa shape index (κ1) is 27.7. The van der Waals surface area contributed by atoms with Crippen molar-refractivity contribution < 1.29 is 0 Å². The number of hydrogen-bond acceptors (Lipinski definition) is 1. The number of fused-ring (bicyclic) bond motifs is 10. The van der Waals surface area contributed by atoms with Crippen molar-refractivity contribution in [1.29, 1.82) is 5.26 Å². The van der Waals surface area contributed by atoms with Crippen LogP contribution in [0, 0.1) is 11.3 Å². The lowest BCUT2D eigenvalue weighted by atomic mass is 9.82. The Balaban J connectivity index is 1.13. The normalized spacial score (nSPS) is 13.2. The lowest BCUT2D eigenvalue weighted by Gasteiger charge is -2.21. The molecule has 3 nitrogen and oxygen atoms in total. The van der Waals surface area contributed by atoms with Crippen molar-refractivity contribution in [2.24, 2.45) is 0 Å². The predicted molar refractivity (Wildman–Crippen MR) is 203 cm³/mol. The number of rotatable bonds is 3. The second kappa shape index (κ2) is 10.1. The molecule has 7 aromatic carbocycles. The molecule has 230 valence electrons. The van der Waals surface area contributed by atoms with E-state index >= 15 is 0 Å². The number of hydrogen-bond donors (Lipinski definition) is 0. The highest BCUT2D eigenvalue weighted by Gasteiger charge is 2.37. The number of nitrogens with zero attached hydrogens (tertiary/aromatic N) is 3. The van der Waals surface area contributed by atoms with Crippen molar-refractivity contribution in [3.8, 4) is 39.7 Å². The second-order valence-corrected chi connectivity index (χ2v) is 13.7. The first-order valence-corrected chi connectivity index (χ1v) is 16.8. The number of nitriles is 1. The Labute approximate surface area is 284 Å². The summed E-state index contributed by atoms with van der Waals surface area (Å²) >= 11 is 0. The van der Waals surface area contributed by atoms with Gasteiger partial charge in [0.25, 0.3) is 0 Å². The largest absolute Gasteiger partial charge is 0.309 e. The molecule has 49 heavy (non-hydrogen) atoms. The monoisotopic (exact) mass is 625 g/mol. The highest BCUT2D eigenvalue weighted by Crippen LogP contribution is 2.52. The summed E-state index contributed by atoms with van der Waals surface area (Å²) in [5, 5.41) is 15.3. The maximum atomic E-state index is 10.4. The van der Waals surface area contributed by atoms with Crippen LogP contribution in [-0.2, 0) is 5.41 Å². The predicted octanol–water partition coefficient (Wildman–Crippen LogP) is 11.7. The van der Waals surface area contributed by atoms with Crippen LogP contribution in [0.15, 0.2) is 152 Å². The highest BCUT2D eigenvalue weighted by molar-refractivity contribution is 6.15. The fraction of sp³-hybridized carbons (Fsp3) is 0.0652. The molecule has 0 atom stereocenters. The van der Waals surface area contributed by atoms with Crippen LogP contribution in [0.2, 0.25) is 0 Å². The Morgan fingerprint density at radius 3 is 1.76 bits per heavy atom. The molecule has 0 radical (unpaired) electrons. The van der Waals surface area contributed by atoms with Crippen LogP contribution in [0.1, 0.15) is 30.5 Å². The average Bonchev–Trinajstić information content (AvgIpc) is 3.75. The van der Waals surface area contributed by atoms with Crippen LogP contribution < -0.4 is 0 Å². The minimum Gasteiger partial charge on any atom is -0.309 e. The molecule has 0 spiro atoms. The first-order chi connectivity index (χ1) is 24.0. The summed E-state index contributed by atoms with van der Waals surface area (Å²) in [6.45, 7) is 4.68. The van der Waals surface area contributed by atoms with E-state index in [4.69, 9.17) is 0 Å². The van der Waals surface area contributed by atoms with E-state index in [1.54, 1.807) is 0 Å². The number of aromatic nitrogens is 2. The van der Waals surface area contributed by atoms with Gasteiger partial charge in [-0.3, -0.25) is 0 Å². The summed E-state index contributed by atoms with van der Waals surface area (Å²) in [5.74, 6) is 0. The summed E-state index contributed by atoms with van der Waals surface area (Å²) in [6.07, 6.45) is 0. The van der Waals surface area contributed by atoms with Crippen LogP contribution >= 0.6 is 0 Å². The average molecular weight is 626 g/mol. The third-order valence-electron chi connectivity index (χ3n) is 10.8. The molecule has 9 aromatic rings. The fourth-order valence-electron chi connectivity index (χ4n) is 8.50. The Kier molecular flexibility index (Phi) is 5.69. The smallest absolute Gasteiger partial charge is 0.101 e. The summed E-state index contributed by atoms with van der Waals surface area (Å²) in [6, 6.07) is 56.7. The second-order valence-electron chi connectivity index (χ2n) is 13.7. The molecule has 0 unspecified atom stereocenters. The number of para-hydroxylation sites is 3. The van der Waals surface area contributed by atoms with Gasteiger partial charge in [-0.15, -0.1) is 0 Å². The van der Waals surface area contributed by atoms with Crippen LogP contribution in [0.5, 0.6) is 0 Å². The van der Waals surface area contributed by atoms with Crippen LogP contribution in [-0.4, -0.2) is 9.13 Å². The molecule has 0 N–H and O–H groups in total. The molecule has 2 heterocycles. The Morgan fingerprint density at radius 2 is 1.08 bits per heavy atom. The summed E-state index contributed by atoms with van der Waals surface area (Å²) in [7, 11) is 0. The third kappa shape index (κ3) is 3.77. The molecule has 0 bridgehead atoms. The van der Waals surface area contributed by atoms with Gasteiger partial charge in [0, 0.05) is 38.2 Å². The first-order valence-electron chi connectivity index (χ1n) is 16.8. The maximum absolute atomic E-state index is 10.4. The summed E-state index contributed by atoms with van der Waals surface area (Å²) in [4.78, 5) is 0. The lowest BCUT2D eigenvalue weighted by Crippen LogP contribution is -2.14. The number of benzene rings is 7. The maximum Gasteiger partial charge on any atom is 0.101 e. The van der Waals surface area contributed by atoms with E-state index in [1.807, 2.05) is 6.07 Å². The van der Waals surface area contributed by atoms with Gasteiger partial charge in [-0.1, -0.05) is 123 Å². The zero-order valence-electron chi connectivity index (χ0n) is 27.3. The molecule has 3 heteroatoms. The Hall–Kier alpha value is -6.37. The summed E-state index contributed by atoms with van der Waals surface area (Å²) in [5.41, 5.74) is 14.7. The minimum absolute atomic E-state index is 0.0743. The van der Waals surface area contributed by atoms with Gasteiger partial charge in [-0.25, -0.2) is 0 Å². The van der Waals surface area contributed by atoms with E-state index in [-0.39, 0.29) is 5.41 Å². The summed E-state index contributed by atoms with van der Waals surface area (Å²) < 4.78 is 4.66. The van der Waals surface area contributed by atoms with E-state index in [9.17, 15) is 5.26 Å². The van der Waals surface area contributed by atoms with E-state index < -0.39 is 0 Å². The van der Waals surface area contributed by atoms with Gasteiger partial charge in [0.2, 0.25) is 0 Å². The van der Waals surface area contributed by atoms with Crippen LogP contribution in [0.4, 0.5) is 0 Å². The molecule has 1 aliphatic rings.